The van der Waals surface area contributed by atoms with E-state index in [2.05, 4.69) is 15.3 Å². The van der Waals surface area contributed by atoms with E-state index in [0.29, 0.717) is 17.9 Å². The molecule has 2 heterocycles. The Kier molecular flexibility index (Phi) is 7.43. The highest BCUT2D eigenvalue weighted by atomic mass is 35.5. The second-order valence-corrected chi connectivity index (χ2v) is 6.06. The fraction of sp³-hybridized carbons (Fsp3) is 0.278. The van der Waals surface area contributed by atoms with Crippen molar-refractivity contribution in [1.29, 1.82) is 0 Å². The zero-order valence-electron chi connectivity index (χ0n) is 15.3. The number of hydrogen-bond donors (Lipinski definition) is 3. The first-order valence-electron chi connectivity index (χ1n) is 8.41. The summed E-state index contributed by atoms with van der Waals surface area (Å²) in [5.41, 5.74) is -0.287. The summed E-state index contributed by atoms with van der Waals surface area (Å²) in [5.74, 6) is -1.97. The minimum Gasteiger partial charge on any atom is -0.448 e. The van der Waals surface area contributed by atoms with E-state index < -0.39 is 23.2 Å². The Hall–Kier alpha value is -2.82. The van der Waals surface area contributed by atoms with Gasteiger partial charge in [-0.05, 0) is 24.6 Å². The minimum absolute atomic E-state index is 0. The molecule has 0 unspecified atom stereocenters. The minimum atomic E-state index is -0.933. The van der Waals surface area contributed by atoms with Gasteiger partial charge in [-0.15, -0.1) is 12.4 Å². The van der Waals surface area contributed by atoms with Crippen LogP contribution in [0.3, 0.4) is 0 Å². The lowest BCUT2D eigenvalue weighted by atomic mass is 10.2. The third-order valence-corrected chi connectivity index (χ3v) is 4.06. The van der Waals surface area contributed by atoms with Crippen molar-refractivity contribution in [3.63, 3.8) is 0 Å². The molecule has 0 saturated carbocycles. The third kappa shape index (κ3) is 4.97. The van der Waals surface area contributed by atoms with E-state index in [1.54, 1.807) is 0 Å². The molecule has 3 N–H and O–H groups in total. The fourth-order valence-corrected chi connectivity index (χ4v) is 2.58. The monoisotopic (exact) mass is 428 g/mol. The van der Waals surface area contributed by atoms with E-state index in [1.165, 1.54) is 23.9 Å². The largest absolute Gasteiger partial charge is 0.448 e. The van der Waals surface area contributed by atoms with Crippen LogP contribution in [0.5, 0.6) is 11.5 Å². The number of aryl methyl sites for hydroxylation is 1. The predicted molar refractivity (Wildman–Crippen MR) is 105 cm³/mol. The van der Waals surface area contributed by atoms with Gasteiger partial charge in [-0.25, -0.2) is 13.8 Å². The molecule has 3 rings (SSSR count). The van der Waals surface area contributed by atoms with Crippen LogP contribution in [0.15, 0.2) is 35.3 Å². The number of aliphatic hydroxyl groups excluding tert-OH is 2. The summed E-state index contributed by atoms with van der Waals surface area (Å²) in [6, 6.07) is 3.69. The van der Waals surface area contributed by atoms with Crippen molar-refractivity contribution in [2.45, 2.75) is 12.5 Å². The Morgan fingerprint density at radius 1 is 1.24 bits per heavy atom. The van der Waals surface area contributed by atoms with E-state index in [4.69, 9.17) is 9.84 Å². The molecule has 0 amide bonds. The van der Waals surface area contributed by atoms with Gasteiger partial charge in [-0.1, -0.05) is 0 Å². The quantitative estimate of drug-likeness (QED) is 0.527. The van der Waals surface area contributed by atoms with Crippen LogP contribution in [0, 0.1) is 11.6 Å². The van der Waals surface area contributed by atoms with Gasteiger partial charge in [0.05, 0.1) is 12.6 Å². The molecule has 8 nitrogen and oxygen atoms in total. The van der Waals surface area contributed by atoms with E-state index in [0.717, 1.165) is 12.1 Å². The maximum absolute atomic E-state index is 13.8. The summed E-state index contributed by atoms with van der Waals surface area (Å²) in [6.45, 7) is -0.345. The number of pyridine rings is 1. The molecule has 0 radical (unpaired) electrons. The highest BCUT2D eigenvalue weighted by Gasteiger charge is 2.15. The Morgan fingerprint density at radius 3 is 2.66 bits per heavy atom. The van der Waals surface area contributed by atoms with E-state index in [9.17, 15) is 18.7 Å². The average Bonchev–Trinajstić information content (AvgIpc) is 2.68. The van der Waals surface area contributed by atoms with Crippen LogP contribution in [-0.2, 0) is 7.05 Å². The summed E-state index contributed by atoms with van der Waals surface area (Å²) < 4.78 is 33.4. The van der Waals surface area contributed by atoms with Crippen molar-refractivity contribution in [3.05, 3.63) is 52.5 Å². The lowest BCUT2D eigenvalue weighted by Crippen LogP contribution is -2.26. The molecule has 1 atom stereocenters. The maximum Gasteiger partial charge on any atom is 0.294 e. The summed E-state index contributed by atoms with van der Waals surface area (Å²) in [5, 5.41) is 21.6. The number of fused-ring (bicyclic) bond motifs is 1. The molecule has 156 valence electrons. The second-order valence-electron chi connectivity index (χ2n) is 6.06. The number of aliphatic hydroxyl groups is 2. The standard InChI is InChI=1S/C18H18F2N4O4.ClH/c1-24-16-10(8-21-18(23-16)22-12(9-26)4-5-25)6-15(17(24)27)28-14-3-2-11(19)7-13(14)20;/h2-3,6-8,12,25-26H,4-5,9H2,1H3,(H,21,22,23);1H/t12-;/m1./s1. The number of aromatic nitrogens is 3. The molecule has 0 aliphatic heterocycles. The lowest BCUT2D eigenvalue weighted by Gasteiger charge is -2.15. The van der Waals surface area contributed by atoms with Crippen molar-refractivity contribution in [3.8, 4) is 11.5 Å². The van der Waals surface area contributed by atoms with Gasteiger partial charge in [0.2, 0.25) is 5.95 Å². The molecule has 0 spiro atoms. The van der Waals surface area contributed by atoms with Crippen molar-refractivity contribution in [1.82, 2.24) is 14.5 Å². The summed E-state index contributed by atoms with van der Waals surface area (Å²) in [4.78, 5) is 20.9. The maximum atomic E-state index is 13.8. The zero-order valence-corrected chi connectivity index (χ0v) is 16.1. The topological polar surface area (TPSA) is 110 Å². The Bertz CT molecular complexity index is 1060. The number of rotatable bonds is 7. The van der Waals surface area contributed by atoms with Gasteiger partial charge in [0.25, 0.3) is 5.56 Å². The molecule has 11 heteroatoms. The van der Waals surface area contributed by atoms with Crippen molar-refractivity contribution in [2.75, 3.05) is 18.5 Å². The van der Waals surface area contributed by atoms with Crippen LogP contribution >= 0.6 is 12.4 Å². The van der Waals surface area contributed by atoms with E-state index in [-0.39, 0.29) is 48.7 Å². The molecule has 0 aliphatic rings. The van der Waals surface area contributed by atoms with Crippen LogP contribution in [0.25, 0.3) is 11.0 Å². The van der Waals surface area contributed by atoms with Gasteiger partial charge < -0.3 is 20.3 Å². The van der Waals surface area contributed by atoms with Crippen LogP contribution in [0.1, 0.15) is 6.42 Å². The first-order chi connectivity index (χ1) is 13.4. The summed E-state index contributed by atoms with van der Waals surface area (Å²) >= 11 is 0. The molecular formula is C18H19ClF2N4O4. The van der Waals surface area contributed by atoms with Crippen molar-refractivity contribution < 1.29 is 23.7 Å². The summed E-state index contributed by atoms with van der Waals surface area (Å²) in [6.07, 6.45) is 1.73. The number of nitrogens with one attached hydrogen (secondary N) is 1. The number of nitrogens with zero attached hydrogens (tertiary/aromatic N) is 3. The van der Waals surface area contributed by atoms with Gasteiger partial charge in [-0.2, -0.15) is 4.98 Å². The smallest absolute Gasteiger partial charge is 0.294 e. The average molecular weight is 429 g/mol. The number of halogens is 3. The van der Waals surface area contributed by atoms with Gasteiger partial charge in [0, 0.05) is 31.3 Å². The molecular weight excluding hydrogens is 410 g/mol. The first kappa shape index (κ1) is 22.5. The molecule has 29 heavy (non-hydrogen) atoms. The number of benzene rings is 1. The normalized spacial score (nSPS) is 11.8. The second kappa shape index (κ2) is 9.59. The molecule has 2 aromatic heterocycles. The summed E-state index contributed by atoms with van der Waals surface area (Å²) in [7, 11) is 1.46. The van der Waals surface area contributed by atoms with Gasteiger partial charge in [0.1, 0.15) is 11.5 Å². The molecule has 0 bridgehead atoms. The number of hydrogen-bond acceptors (Lipinski definition) is 7. The van der Waals surface area contributed by atoms with Gasteiger partial charge in [-0.3, -0.25) is 9.36 Å². The molecule has 0 saturated heterocycles. The van der Waals surface area contributed by atoms with Crippen LogP contribution in [-0.4, -0.2) is 44.0 Å². The fourth-order valence-electron chi connectivity index (χ4n) is 2.58. The van der Waals surface area contributed by atoms with Crippen LogP contribution in [0.2, 0.25) is 0 Å². The van der Waals surface area contributed by atoms with Crippen molar-refractivity contribution >= 4 is 29.4 Å². The number of ether oxygens (including phenoxy) is 1. The lowest BCUT2D eigenvalue weighted by molar-refractivity contribution is 0.228. The Labute approximate surface area is 170 Å². The van der Waals surface area contributed by atoms with E-state index in [1.807, 2.05) is 0 Å². The Morgan fingerprint density at radius 2 is 2.00 bits per heavy atom. The first-order valence-corrected chi connectivity index (χ1v) is 8.41. The molecule has 1 aromatic carbocycles. The van der Waals surface area contributed by atoms with Crippen molar-refractivity contribution in [2.24, 2.45) is 7.05 Å². The highest BCUT2D eigenvalue weighted by molar-refractivity contribution is 5.85. The van der Waals surface area contributed by atoms with Crippen LogP contribution in [0.4, 0.5) is 14.7 Å². The zero-order chi connectivity index (χ0) is 20.3. The van der Waals surface area contributed by atoms with Crippen LogP contribution < -0.4 is 15.6 Å². The van der Waals surface area contributed by atoms with Gasteiger partial charge >= 0.3 is 0 Å². The van der Waals surface area contributed by atoms with E-state index >= 15 is 0 Å². The predicted octanol–water partition coefficient (Wildman–Crippen LogP) is 1.98. The highest BCUT2D eigenvalue weighted by Crippen LogP contribution is 2.25. The number of anilines is 1. The molecule has 0 fully saturated rings. The SMILES string of the molecule is Cl.Cn1c(=O)c(Oc2ccc(F)cc2F)cc2cnc(N[C@@H](CO)CCO)nc21. The Balaban J connectivity index is 0.00000300. The van der Waals surface area contributed by atoms with Gasteiger partial charge in [0.15, 0.2) is 17.3 Å². The third-order valence-electron chi connectivity index (χ3n) is 4.06. The molecule has 0 aliphatic carbocycles. The molecule has 3 aromatic rings.